The van der Waals surface area contributed by atoms with Gasteiger partial charge in [-0.2, -0.15) is 0 Å². The van der Waals surface area contributed by atoms with Crippen molar-refractivity contribution in [3.63, 3.8) is 0 Å². The third-order valence-corrected chi connectivity index (χ3v) is 4.27. The monoisotopic (exact) mass is 275 g/mol. The van der Waals surface area contributed by atoms with E-state index in [4.69, 9.17) is 12.2 Å². The fourth-order valence-electron chi connectivity index (χ4n) is 2.90. The molecule has 3 aromatic carbocycles. The van der Waals surface area contributed by atoms with Gasteiger partial charge in [0.25, 0.3) is 0 Å². The Kier molecular flexibility index (Phi) is 2.57. The molecule has 20 heavy (non-hydrogen) atoms. The minimum atomic E-state index is 0.827. The predicted molar refractivity (Wildman–Crippen MR) is 88.3 cm³/mol. The summed E-state index contributed by atoms with van der Waals surface area (Å²) in [6.07, 6.45) is 0. The van der Waals surface area contributed by atoms with Gasteiger partial charge in [-0.25, -0.2) is 0 Å². The molecule has 4 rings (SSSR count). The molecule has 0 bridgehead atoms. The molecule has 0 spiro atoms. The van der Waals surface area contributed by atoms with Crippen LogP contribution in [0.25, 0.3) is 10.8 Å². The molecule has 0 N–H and O–H groups in total. The minimum absolute atomic E-state index is 0.827. The highest BCUT2D eigenvalue weighted by Gasteiger charge is 2.26. The average molecular weight is 275 g/mol. The maximum absolute atomic E-state index is 5.68. The quantitative estimate of drug-likeness (QED) is 0.632. The van der Waals surface area contributed by atoms with Gasteiger partial charge in [0.2, 0.25) is 0 Å². The maximum atomic E-state index is 5.68. The van der Waals surface area contributed by atoms with Crippen LogP contribution in [0.2, 0.25) is 0 Å². The van der Waals surface area contributed by atoms with Gasteiger partial charge in [-0.05, 0) is 17.0 Å². The molecule has 0 fully saturated rings. The van der Waals surface area contributed by atoms with Gasteiger partial charge in [0.15, 0.2) is 0 Å². The van der Waals surface area contributed by atoms with Crippen molar-refractivity contribution in [1.82, 2.24) is 0 Å². The van der Waals surface area contributed by atoms with E-state index in [0.717, 1.165) is 11.5 Å². The number of hydrogen-bond donors (Lipinski definition) is 0. The number of rotatable bonds is 2. The van der Waals surface area contributed by atoms with Crippen LogP contribution >= 0.6 is 12.2 Å². The summed E-state index contributed by atoms with van der Waals surface area (Å²) >= 11 is 5.68. The van der Waals surface area contributed by atoms with Crippen molar-refractivity contribution >= 4 is 33.7 Å². The summed E-state index contributed by atoms with van der Waals surface area (Å²) in [5.41, 5.74) is 3.69. The number of nitrogens with zero attached hydrogens (tertiary/aromatic N) is 1. The molecule has 2 heteroatoms. The molecule has 1 heterocycles. The summed E-state index contributed by atoms with van der Waals surface area (Å²) in [5, 5.41) is 2.55. The third kappa shape index (κ3) is 1.65. The minimum Gasteiger partial charge on any atom is -0.327 e. The van der Waals surface area contributed by atoms with Crippen LogP contribution in [-0.4, -0.2) is 4.99 Å². The second kappa shape index (κ2) is 4.43. The molecule has 96 valence electrons. The first-order valence-corrected chi connectivity index (χ1v) is 7.13. The molecule has 0 amide bonds. The third-order valence-electron chi connectivity index (χ3n) is 3.83. The van der Waals surface area contributed by atoms with Crippen molar-refractivity contribution < 1.29 is 0 Å². The Bertz CT molecular complexity index is 803. The molecule has 1 nitrogen and oxygen atoms in total. The van der Waals surface area contributed by atoms with Crippen molar-refractivity contribution in [2.75, 3.05) is 4.90 Å². The predicted octanol–water partition coefficient (Wildman–Crippen LogP) is 4.54. The van der Waals surface area contributed by atoms with E-state index < -0.39 is 0 Å². The summed E-state index contributed by atoms with van der Waals surface area (Å²) in [5.74, 6) is 0. The van der Waals surface area contributed by atoms with E-state index in [-0.39, 0.29) is 0 Å². The Hall–Kier alpha value is -2.19. The van der Waals surface area contributed by atoms with Crippen LogP contribution < -0.4 is 4.90 Å². The van der Waals surface area contributed by atoms with Crippen molar-refractivity contribution in [2.24, 2.45) is 0 Å². The second-order valence-electron chi connectivity index (χ2n) is 5.06. The molecule has 3 aromatic rings. The van der Waals surface area contributed by atoms with Crippen molar-refractivity contribution in [2.45, 2.75) is 6.54 Å². The smallest absolute Gasteiger partial charge is 0.114 e. The van der Waals surface area contributed by atoms with Gasteiger partial charge in [0.1, 0.15) is 4.99 Å². The Morgan fingerprint density at radius 1 is 0.800 bits per heavy atom. The lowest BCUT2D eigenvalue weighted by atomic mass is 10.1. The average Bonchev–Trinajstić information content (AvgIpc) is 2.77. The highest BCUT2D eigenvalue weighted by atomic mass is 32.1. The van der Waals surface area contributed by atoms with Crippen LogP contribution in [0.3, 0.4) is 0 Å². The van der Waals surface area contributed by atoms with E-state index in [1.165, 1.54) is 27.6 Å². The van der Waals surface area contributed by atoms with E-state index in [9.17, 15) is 0 Å². The molecule has 1 aliphatic rings. The second-order valence-corrected chi connectivity index (χ2v) is 5.44. The maximum Gasteiger partial charge on any atom is 0.114 e. The van der Waals surface area contributed by atoms with E-state index in [2.05, 4.69) is 65.6 Å². The first-order valence-electron chi connectivity index (χ1n) is 6.72. The van der Waals surface area contributed by atoms with Crippen LogP contribution in [0.4, 0.5) is 5.69 Å². The number of thiocarbonyl (C=S) groups is 1. The zero-order valence-electron chi connectivity index (χ0n) is 10.9. The first kappa shape index (κ1) is 11.6. The van der Waals surface area contributed by atoms with Crippen molar-refractivity contribution in [3.05, 3.63) is 77.9 Å². The summed E-state index contributed by atoms with van der Waals surface area (Å²) < 4.78 is 0. The molecule has 0 saturated carbocycles. The number of anilines is 1. The van der Waals surface area contributed by atoms with E-state index in [1.54, 1.807) is 0 Å². The fraction of sp³-hybridized carbons (Fsp3) is 0.0556. The Morgan fingerprint density at radius 3 is 2.35 bits per heavy atom. The molecular weight excluding hydrogens is 262 g/mol. The van der Waals surface area contributed by atoms with Gasteiger partial charge >= 0.3 is 0 Å². The molecule has 0 atom stereocenters. The fourth-order valence-corrected chi connectivity index (χ4v) is 3.24. The molecule has 0 radical (unpaired) electrons. The van der Waals surface area contributed by atoms with Crippen LogP contribution in [-0.2, 0) is 6.54 Å². The van der Waals surface area contributed by atoms with Gasteiger partial charge < -0.3 is 4.90 Å². The zero-order chi connectivity index (χ0) is 13.5. The Morgan fingerprint density at radius 2 is 1.55 bits per heavy atom. The summed E-state index contributed by atoms with van der Waals surface area (Å²) in [7, 11) is 0. The number of benzene rings is 3. The highest BCUT2D eigenvalue weighted by molar-refractivity contribution is 7.81. The van der Waals surface area contributed by atoms with Gasteiger partial charge in [0.05, 0.1) is 5.69 Å². The lowest BCUT2D eigenvalue weighted by molar-refractivity contribution is 1.03. The van der Waals surface area contributed by atoms with Crippen LogP contribution in [0.5, 0.6) is 0 Å². The summed E-state index contributed by atoms with van der Waals surface area (Å²) in [4.78, 5) is 3.17. The molecule has 0 aromatic heterocycles. The lowest BCUT2D eigenvalue weighted by Gasteiger charge is -2.20. The first-order chi connectivity index (χ1) is 9.84. The SMILES string of the molecule is S=C1c2cccc3cccc(c23)N1Cc1ccccc1. The van der Waals surface area contributed by atoms with E-state index in [1.807, 2.05) is 6.07 Å². The van der Waals surface area contributed by atoms with E-state index in [0.29, 0.717) is 0 Å². The standard InChI is InChI=1S/C18H13NS/c20-18-15-10-4-8-14-9-5-11-16(17(14)15)19(18)12-13-6-2-1-3-7-13/h1-11H,12H2. The molecule has 0 aliphatic carbocycles. The van der Waals surface area contributed by atoms with Gasteiger partial charge in [-0.15, -0.1) is 0 Å². The molecular formula is C18H13NS. The van der Waals surface area contributed by atoms with Crippen molar-refractivity contribution in [3.8, 4) is 0 Å². The Labute approximate surface area is 123 Å². The van der Waals surface area contributed by atoms with Crippen LogP contribution in [0.1, 0.15) is 11.1 Å². The normalized spacial score (nSPS) is 13.2. The summed E-state index contributed by atoms with van der Waals surface area (Å²) in [6.45, 7) is 0.827. The van der Waals surface area contributed by atoms with Crippen LogP contribution in [0.15, 0.2) is 66.7 Å². The molecule has 0 saturated heterocycles. The zero-order valence-corrected chi connectivity index (χ0v) is 11.7. The largest absolute Gasteiger partial charge is 0.327 e. The van der Waals surface area contributed by atoms with Crippen LogP contribution in [0, 0.1) is 0 Å². The molecule has 0 unspecified atom stereocenters. The topological polar surface area (TPSA) is 3.24 Å². The summed E-state index contributed by atoms with van der Waals surface area (Å²) in [6, 6.07) is 23.2. The number of hydrogen-bond acceptors (Lipinski definition) is 1. The van der Waals surface area contributed by atoms with Gasteiger partial charge in [-0.3, -0.25) is 0 Å². The highest BCUT2D eigenvalue weighted by Crippen LogP contribution is 2.38. The lowest BCUT2D eigenvalue weighted by Crippen LogP contribution is -2.25. The van der Waals surface area contributed by atoms with Crippen molar-refractivity contribution in [1.29, 1.82) is 0 Å². The Balaban J connectivity index is 1.85. The van der Waals surface area contributed by atoms with E-state index >= 15 is 0 Å². The van der Waals surface area contributed by atoms with Gasteiger partial charge in [-0.1, -0.05) is 72.9 Å². The molecule has 1 aliphatic heterocycles. The van der Waals surface area contributed by atoms with Gasteiger partial charge in [0, 0.05) is 17.5 Å².